The van der Waals surface area contributed by atoms with Crippen LogP contribution in [0.3, 0.4) is 0 Å². The van der Waals surface area contributed by atoms with Crippen LogP contribution in [0.25, 0.3) is 0 Å². The Bertz CT molecular complexity index is 554. The lowest BCUT2D eigenvalue weighted by Gasteiger charge is -2.06. The Morgan fingerprint density at radius 2 is 1.89 bits per heavy atom. The first-order chi connectivity index (χ1) is 8.69. The standard InChI is InChI=1S/C13H12ClN3O/c1-15-11-6-7-16-12(8-11)13(18)17-10-4-2-9(14)3-5-10/h2-8H,1H3,(H,15,16)(H,17,18). The second-order valence-electron chi connectivity index (χ2n) is 3.64. The summed E-state index contributed by atoms with van der Waals surface area (Å²) in [6, 6.07) is 10.4. The maximum atomic E-state index is 11.9. The van der Waals surface area contributed by atoms with Gasteiger partial charge in [-0.05, 0) is 36.4 Å². The molecule has 2 aromatic rings. The molecule has 0 aliphatic heterocycles. The monoisotopic (exact) mass is 261 g/mol. The minimum absolute atomic E-state index is 0.255. The number of carbonyl (C=O) groups is 1. The molecule has 1 aromatic carbocycles. The molecule has 1 amide bonds. The normalized spacial score (nSPS) is 9.89. The molecule has 0 saturated carbocycles. The highest BCUT2D eigenvalue weighted by molar-refractivity contribution is 6.30. The van der Waals surface area contributed by atoms with Gasteiger partial charge in [0.1, 0.15) is 5.69 Å². The van der Waals surface area contributed by atoms with E-state index in [9.17, 15) is 4.79 Å². The van der Waals surface area contributed by atoms with E-state index in [1.165, 1.54) is 0 Å². The first kappa shape index (κ1) is 12.4. The van der Waals surface area contributed by atoms with E-state index in [4.69, 9.17) is 11.6 Å². The van der Waals surface area contributed by atoms with Crippen molar-refractivity contribution in [2.45, 2.75) is 0 Å². The summed E-state index contributed by atoms with van der Waals surface area (Å²) in [5.41, 5.74) is 1.88. The van der Waals surface area contributed by atoms with E-state index in [0.29, 0.717) is 16.4 Å². The van der Waals surface area contributed by atoms with Gasteiger partial charge in [-0.15, -0.1) is 0 Å². The van der Waals surface area contributed by atoms with Crippen molar-refractivity contribution in [2.24, 2.45) is 0 Å². The summed E-state index contributed by atoms with van der Waals surface area (Å²) >= 11 is 5.77. The maximum absolute atomic E-state index is 11.9. The number of benzene rings is 1. The van der Waals surface area contributed by atoms with Crippen molar-refractivity contribution in [1.29, 1.82) is 0 Å². The summed E-state index contributed by atoms with van der Waals surface area (Å²) < 4.78 is 0. The fourth-order valence-corrected chi connectivity index (χ4v) is 1.56. The van der Waals surface area contributed by atoms with Gasteiger partial charge in [0.25, 0.3) is 5.91 Å². The van der Waals surface area contributed by atoms with Gasteiger partial charge in [-0.3, -0.25) is 9.78 Å². The van der Waals surface area contributed by atoms with Crippen LogP contribution in [0.2, 0.25) is 5.02 Å². The van der Waals surface area contributed by atoms with E-state index in [-0.39, 0.29) is 5.91 Å². The third-order valence-corrected chi connectivity index (χ3v) is 2.64. The Morgan fingerprint density at radius 3 is 2.56 bits per heavy atom. The van der Waals surface area contributed by atoms with Gasteiger partial charge >= 0.3 is 0 Å². The Balaban J connectivity index is 2.14. The smallest absolute Gasteiger partial charge is 0.274 e. The summed E-state index contributed by atoms with van der Waals surface area (Å²) in [6.07, 6.45) is 1.59. The number of halogens is 1. The summed E-state index contributed by atoms with van der Waals surface area (Å²) in [5.74, 6) is -0.255. The largest absolute Gasteiger partial charge is 0.388 e. The van der Waals surface area contributed by atoms with Crippen LogP contribution in [-0.2, 0) is 0 Å². The van der Waals surface area contributed by atoms with Crippen LogP contribution in [-0.4, -0.2) is 17.9 Å². The molecule has 0 fully saturated rings. The van der Waals surface area contributed by atoms with Gasteiger partial charge in [0.05, 0.1) is 0 Å². The van der Waals surface area contributed by atoms with Gasteiger partial charge in [-0.1, -0.05) is 11.6 Å². The van der Waals surface area contributed by atoms with Crippen LogP contribution >= 0.6 is 11.6 Å². The molecule has 0 saturated heterocycles. The molecular weight excluding hydrogens is 250 g/mol. The zero-order chi connectivity index (χ0) is 13.0. The average Bonchev–Trinajstić information content (AvgIpc) is 2.41. The molecule has 18 heavy (non-hydrogen) atoms. The average molecular weight is 262 g/mol. The molecule has 2 N–H and O–H groups in total. The number of rotatable bonds is 3. The minimum Gasteiger partial charge on any atom is -0.388 e. The van der Waals surface area contributed by atoms with Crippen molar-refractivity contribution < 1.29 is 4.79 Å². The number of hydrogen-bond donors (Lipinski definition) is 2. The van der Waals surface area contributed by atoms with Crippen molar-refractivity contribution in [3.05, 3.63) is 53.3 Å². The maximum Gasteiger partial charge on any atom is 0.274 e. The number of pyridine rings is 1. The molecule has 92 valence electrons. The first-order valence-electron chi connectivity index (χ1n) is 5.40. The molecule has 0 aliphatic rings. The zero-order valence-electron chi connectivity index (χ0n) is 9.77. The Morgan fingerprint density at radius 1 is 1.17 bits per heavy atom. The van der Waals surface area contributed by atoms with E-state index in [0.717, 1.165) is 5.69 Å². The first-order valence-corrected chi connectivity index (χ1v) is 5.77. The lowest BCUT2D eigenvalue weighted by Crippen LogP contribution is -2.13. The molecule has 0 spiro atoms. The Hall–Kier alpha value is -2.07. The number of hydrogen-bond acceptors (Lipinski definition) is 3. The topological polar surface area (TPSA) is 54.0 Å². The van der Waals surface area contributed by atoms with Crippen LogP contribution in [0.5, 0.6) is 0 Å². The van der Waals surface area contributed by atoms with Gasteiger partial charge < -0.3 is 10.6 Å². The van der Waals surface area contributed by atoms with Gasteiger partial charge in [0, 0.05) is 29.6 Å². The second-order valence-corrected chi connectivity index (χ2v) is 4.08. The van der Waals surface area contributed by atoms with Crippen LogP contribution < -0.4 is 10.6 Å². The molecule has 2 rings (SSSR count). The summed E-state index contributed by atoms with van der Waals surface area (Å²) in [7, 11) is 1.79. The molecule has 0 unspecified atom stereocenters. The summed E-state index contributed by atoms with van der Waals surface area (Å²) in [5, 5.41) is 6.33. The van der Waals surface area contributed by atoms with Gasteiger partial charge in [0.15, 0.2) is 0 Å². The summed E-state index contributed by atoms with van der Waals surface area (Å²) in [6.45, 7) is 0. The fraction of sp³-hybridized carbons (Fsp3) is 0.0769. The molecule has 0 radical (unpaired) electrons. The van der Waals surface area contributed by atoms with E-state index < -0.39 is 0 Å². The Labute approximate surface area is 110 Å². The van der Waals surface area contributed by atoms with Crippen molar-refractivity contribution in [3.8, 4) is 0 Å². The van der Waals surface area contributed by atoms with Crippen molar-refractivity contribution in [1.82, 2.24) is 4.98 Å². The predicted molar refractivity (Wildman–Crippen MR) is 73.2 cm³/mol. The highest BCUT2D eigenvalue weighted by atomic mass is 35.5. The Kier molecular flexibility index (Phi) is 3.79. The molecule has 5 heteroatoms. The van der Waals surface area contributed by atoms with Crippen LogP contribution in [0, 0.1) is 0 Å². The van der Waals surface area contributed by atoms with Gasteiger partial charge in [-0.2, -0.15) is 0 Å². The van der Waals surface area contributed by atoms with Crippen LogP contribution in [0.1, 0.15) is 10.5 Å². The van der Waals surface area contributed by atoms with Crippen molar-refractivity contribution in [2.75, 3.05) is 17.7 Å². The lowest BCUT2D eigenvalue weighted by molar-refractivity contribution is 0.102. The van der Waals surface area contributed by atoms with E-state index in [2.05, 4.69) is 15.6 Å². The summed E-state index contributed by atoms with van der Waals surface area (Å²) in [4.78, 5) is 16.0. The molecule has 0 atom stereocenters. The molecule has 1 aromatic heterocycles. The van der Waals surface area contributed by atoms with Crippen molar-refractivity contribution >= 4 is 28.9 Å². The van der Waals surface area contributed by atoms with Gasteiger partial charge in [-0.25, -0.2) is 0 Å². The third-order valence-electron chi connectivity index (χ3n) is 2.38. The number of anilines is 2. The second kappa shape index (κ2) is 5.51. The number of nitrogens with one attached hydrogen (secondary N) is 2. The number of amides is 1. The third kappa shape index (κ3) is 2.99. The highest BCUT2D eigenvalue weighted by Gasteiger charge is 2.07. The number of carbonyl (C=O) groups excluding carboxylic acids is 1. The highest BCUT2D eigenvalue weighted by Crippen LogP contribution is 2.14. The van der Waals surface area contributed by atoms with Crippen LogP contribution in [0.4, 0.5) is 11.4 Å². The fourth-order valence-electron chi connectivity index (χ4n) is 1.44. The predicted octanol–water partition coefficient (Wildman–Crippen LogP) is 3.03. The molecule has 0 aliphatic carbocycles. The molecule has 4 nitrogen and oxygen atoms in total. The van der Waals surface area contributed by atoms with Crippen LogP contribution in [0.15, 0.2) is 42.6 Å². The number of nitrogens with zero attached hydrogens (tertiary/aromatic N) is 1. The molecule has 0 bridgehead atoms. The molecular formula is C13H12ClN3O. The van der Waals surface area contributed by atoms with Gasteiger partial charge in [0.2, 0.25) is 0 Å². The lowest BCUT2D eigenvalue weighted by atomic mass is 10.2. The minimum atomic E-state index is -0.255. The quantitative estimate of drug-likeness (QED) is 0.893. The van der Waals surface area contributed by atoms with E-state index in [1.807, 2.05) is 0 Å². The molecule has 1 heterocycles. The zero-order valence-corrected chi connectivity index (χ0v) is 10.5. The number of aromatic nitrogens is 1. The van der Waals surface area contributed by atoms with E-state index >= 15 is 0 Å². The van der Waals surface area contributed by atoms with E-state index in [1.54, 1.807) is 49.6 Å². The van der Waals surface area contributed by atoms with Crippen molar-refractivity contribution in [3.63, 3.8) is 0 Å². The SMILES string of the molecule is CNc1ccnc(C(=O)Nc2ccc(Cl)cc2)c1.